The van der Waals surface area contributed by atoms with Crippen LogP contribution in [0.15, 0.2) is 47.8 Å². The summed E-state index contributed by atoms with van der Waals surface area (Å²) in [5.41, 5.74) is 6.25. The molecule has 0 atom stereocenters. The Morgan fingerprint density at radius 1 is 1.21 bits per heavy atom. The lowest BCUT2D eigenvalue weighted by molar-refractivity contribution is -0.115. The van der Waals surface area contributed by atoms with E-state index >= 15 is 0 Å². The molecule has 1 heterocycles. The number of carbonyl (C=O) groups excluding carboxylic acids is 2. The molecule has 6 nitrogen and oxygen atoms in total. The number of hydrogen-bond donors (Lipinski definition) is 2. The molecular weight excluding hydrogens is 304 g/mol. The lowest BCUT2D eigenvalue weighted by Crippen LogP contribution is -2.21. The van der Waals surface area contributed by atoms with E-state index in [9.17, 15) is 9.59 Å². The Kier molecular flexibility index (Phi) is 5.78. The number of hydrogen-bond acceptors (Lipinski definition) is 4. The fourth-order valence-corrected chi connectivity index (χ4v) is 2.13. The van der Waals surface area contributed by atoms with E-state index in [1.807, 2.05) is 32.0 Å². The van der Waals surface area contributed by atoms with E-state index in [1.165, 1.54) is 6.20 Å². The molecule has 1 aromatic heterocycles. The number of hydrazone groups is 1. The zero-order valence-electron chi connectivity index (χ0n) is 14.0. The summed E-state index contributed by atoms with van der Waals surface area (Å²) in [6, 6.07) is 9.13. The van der Waals surface area contributed by atoms with Crippen molar-refractivity contribution in [1.29, 1.82) is 0 Å². The second kappa shape index (κ2) is 8.01. The summed E-state index contributed by atoms with van der Waals surface area (Å²) in [6.07, 6.45) is 3.14. The molecule has 6 heteroatoms. The fourth-order valence-electron chi connectivity index (χ4n) is 2.13. The SMILES string of the molecule is CC(CC(=O)Nc1ccc(C)cc1C)=NNC(=O)c1cccnc1. The summed E-state index contributed by atoms with van der Waals surface area (Å²) in [6.45, 7) is 5.63. The minimum atomic E-state index is -0.364. The molecule has 0 aliphatic heterocycles. The van der Waals surface area contributed by atoms with Crippen LogP contribution < -0.4 is 10.7 Å². The Balaban J connectivity index is 1.90. The zero-order valence-corrected chi connectivity index (χ0v) is 14.0. The fraction of sp³-hybridized carbons (Fsp3) is 0.222. The van der Waals surface area contributed by atoms with Crippen LogP contribution in [0.2, 0.25) is 0 Å². The molecule has 0 fully saturated rings. The third-order valence-corrected chi connectivity index (χ3v) is 3.34. The number of pyridine rings is 1. The molecule has 0 spiro atoms. The highest BCUT2D eigenvalue weighted by Crippen LogP contribution is 2.16. The summed E-state index contributed by atoms with van der Waals surface area (Å²) in [7, 11) is 0. The van der Waals surface area contributed by atoms with E-state index < -0.39 is 0 Å². The van der Waals surface area contributed by atoms with Gasteiger partial charge in [-0.2, -0.15) is 5.10 Å². The maximum absolute atomic E-state index is 12.1. The van der Waals surface area contributed by atoms with Gasteiger partial charge < -0.3 is 5.32 Å². The number of rotatable bonds is 5. The molecule has 0 bridgehead atoms. The molecule has 124 valence electrons. The minimum absolute atomic E-state index is 0.0979. The van der Waals surface area contributed by atoms with E-state index in [0.29, 0.717) is 11.3 Å². The first-order valence-electron chi connectivity index (χ1n) is 7.56. The van der Waals surface area contributed by atoms with Gasteiger partial charge in [0.1, 0.15) is 0 Å². The number of benzene rings is 1. The van der Waals surface area contributed by atoms with Crippen LogP contribution in [0.1, 0.15) is 34.8 Å². The van der Waals surface area contributed by atoms with Gasteiger partial charge in [0.05, 0.1) is 12.0 Å². The van der Waals surface area contributed by atoms with Crippen LogP contribution in [-0.4, -0.2) is 22.5 Å². The van der Waals surface area contributed by atoms with Gasteiger partial charge in [-0.1, -0.05) is 17.7 Å². The molecule has 24 heavy (non-hydrogen) atoms. The van der Waals surface area contributed by atoms with E-state index in [-0.39, 0.29) is 18.2 Å². The normalized spacial score (nSPS) is 11.0. The molecule has 2 amide bonds. The van der Waals surface area contributed by atoms with Crippen LogP contribution in [-0.2, 0) is 4.79 Å². The van der Waals surface area contributed by atoms with Crippen LogP contribution in [0, 0.1) is 13.8 Å². The average Bonchev–Trinajstić information content (AvgIpc) is 2.56. The Morgan fingerprint density at radius 3 is 2.67 bits per heavy atom. The summed E-state index contributed by atoms with van der Waals surface area (Å²) < 4.78 is 0. The van der Waals surface area contributed by atoms with Gasteiger partial charge >= 0.3 is 0 Å². The topological polar surface area (TPSA) is 83.5 Å². The molecular formula is C18H20N4O2. The van der Waals surface area contributed by atoms with E-state index in [0.717, 1.165) is 16.8 Å². The highest BCUT2D eigenvalue weighted by Gasteiger charge is 2.08. The molecule has 0 radical (unpaired) electrons. The van der Waals surface area contributed by atoms with Gasteiger partial charge in [-0.05, 0) is 44.5 Å². The van der Waals surface area contributed by atoms with Crippen molar-refractivity contribution in [2.45, 2.75) is 27.2 Å². The third kappa shape index (κ3) is 5.01. The Labute approximate surface area is 141 Å². The third-order valence-electron chi connectivity index (χ3n) is 3.34. The van der Waals surface area contributed by atoms with Gasteiger partial charge in [-0.25, -0.2) is 5.43 Å². The van der Waals surface area contributed by atoms with Crippen LogP contribution >= 0.6 is 0 Å². The number of amides is 2. The van der Waals surface area contributed by atoms with Gasteiger partial charge in [-0.15, -0.1) is 0 Å². The second-order valence-corrected chi connectivity index (χ2v) is 5.57. The molecule has 0 saturated heterocycles. The first kappa shape index (κ1) is 17.3. The van der Waals surface area contributed by atoms with E-state index in [2.05, 4.69) is 20.8 Å². The van der Waals surface area contributed by atoms with Crippen LogP contribution in [0.4, 0.5) is 5.69 Å². The lowest BCUT2D eigenvalue weighted by Gasteiger charge is -2.09. The Hall–Kier alpha value is -3.02. The maximum Gasteiger partial charge on any atom is 0.272 e. The molecule has 0 saturated carbocycles. The van der Waals surface area contributed by atoms with Crippen molar-refractivity contribution in [3.63, 3.8) is 0 Å². The molecule has 0 aliphatic rings. The summed E-state index contributed by atoms with van der Waals surface area (Å²) in [5.74, 6) is -0.545. The van der Waals surface area contributed by atoms with Gasteiger partial charge in [0.2, 0.25) is 5.91 Å². The van der Waals surface area contributed by atoms with Crippen molar-refractivity contribution in [2.75, 3.05) is 5.32 Å². The first-order chi connectivity index (χ1) is 11.5. The molecule has 2 rings (SSSR count). The minimum Gasteiger partial charge on any atom is -0.326 e. The molecule has 0 unspecified atom stereocenters. The second-order valence-electron chi connectivity index (χ2n) is 5.57. The number of carbonyl (C=O) groups is 2. The number of nitrogens with zero attached hydrogens (tertiary/aromatic N) is 2. The summed E-state index contributed by atoms with van der Waals surface area (Å²) in [5, 5.41) is 6.79. The summed E-state index contributed by atoms with van der Waals surface area (Å²) in [4.78, 5) is 27.8. The predicted molar refractivity (Wildman–Crippen MR) is 94.0 cm³/mol. The van der Waals surface area contributed by atoms with Crippen LogP contribution in [0.25, 0.3) is 0 Å². The quantitative estimate of drug-likeness (QED) is 0.655. The number of nitrogens with one attached hydrogen (secondary N) is 2. The number of aromatic nitrogens is 1. The van der Waals surface area contributed by atoms with Crippen LogP contribution in [0.3, 0.4) is 0 Å². The number of aryl methyl sites for hydroxylation is 2. The molecule has 1 aromatic carbocycles. The first-order valence-corrected chi connectivity index (χ1v) is 7.56. The zero-order chi connectivity index (χ0) is 17.5. The van der Waals surface area contributed by atoms with Gasteiger partial charge in [-0.3, -0.25) is 14.6 Å². The Bertz CT molecular complexity index is 770. The highest BCUT2D eigenvalue weighted by atomic mass is 16.2. The lowest BCUT2D eigenvalue weighted by atomic mass is 10.1. The van der Waals surface area contributed by atoms with E-state index in [1.54, 1.807) is 25.3 Å². The standard InChI is InChI=1S/C18H20N4O2/c1-12-6-7-16(13(2)9-12)20-17(23)10-14(3)21-22-18(24)15-5-4-8-19-11-15/h4-9,11H,10H2,1-3H3,(H,20,23)(H,22,24). The molecule has 2 N–H and O–H groups in total. The highest BCUT2D eigenvalue weighted by molar-refractivity contribution is 6.06. The molecule has 2 aromatic rings. The molecule has 0 aliphatic carbocycles. The Morgan fingerprint density at radius 2 is 2.00 bits per heavy atom. The number of anilines is 1. The van der Waals surface area contributed by atoms with Crippen molar-refractivity contribution >= 4 is 23.2 Å². The largest absolute Gasteiger partial charge is 0.326 e. The van der Waals surface area contributed by atoms with Gasteiger partial charge in [0.25, 0.3) is 5.91 Å². The van der Waals surface area contributed by atoms with Crippen molar-refractivity contribution in [3.8, 4) is 0 Å². The average molecular weight is 324 g/mol. The van der Waals surface area contributed by atoms with Crippen molar-refractivity contribution < 1.29 is 9.59 Å². The summed E-state index contributed by atoms with van der Waals surface area (Å²) >= 11 is 0. The predicted octanol–water partition coefficient (Wildman–Crippen LogP) is 2.83. The van der Waals surface area contributed by atoms with Crippen molar-refractivity contribution in [3.05, 3.63) is 59.4 Å². The van der Waals surface area contributed by atoms with Gasteiger partial charge in [0, 0.05) is 23.8 Å². The monoisotopic (exact) mass is 324 g/mol. The van der Waals surface area contributed by atoms with Gasteiger partial charge in [0.15, 0.2) is 0 Å². The maximum atomic E-state index is 12.1. The van der Waals surface area contributed by atoms with E-state index in [4.69, 9.17) is 0 Å². The van der Waals surface area contributed by atoms with Crippen molar-refractivity contribution in [1.82, 2.24) is 10.4 Å². The van der Waals surface area contributed by atoms with Crippen LogP contribution in [0.5, 0.6) is 0 Å². The van der Waals surface area contributed by atoms with Crippen molar-refractivity contribution in [2.24, 2.45) is 5.10 Å². The smallest absolute Gasteiger partial charge is 0.272 e.